The predicted octanol–water partition coefficient (Wildman–Crippen LogP) is 3.97. The van der Waals surface area contributed by atoms with Crippen molar-refractivity contribution in [2.75, 3.05) is 50.7 Å². The average Bonchev–Trinajstić information content (AvgIpc) is 2.78. The molecule has 6 nitrogen and oxygen atoms in total. The highest BCUT2D eigenvalue weighted by atomic mass is 127. The largest absolute Gasteiger partial charge is 0.393 e. The predicted molar refractivity (Wildman–Crippen MR) is 151 cm³/mol. The zero-order chi connectivity index (χ0) is 23.0. The van der Waals surface area contributed by atoms with Crippen LogP contribution in [0.1, 0.15) is 65.4 Å². The first-order valence-corrected chi connectivity index (χ1v) is 12.7. The normalized spacial score (nSPS) is 19.3. The average molecular weight is 572 g/mol. The lowest BCUT2D eigenvalue weighted by atomic mass is 9.87. The molecule has 0 amide bonds. The zero-order valence-electron chi connectivity index (χ0n) is 21.1. The fourth-order valence-electron chi connectivity index (χ4n) is 4.60. The Labute approximate surface area is 218 Å². The van der Waals surface area contributed by atoms with Crippen molar-refractivity contribution in [3.8, 4) is 0 Å². The summed E-state index contributed by atoms with van der Waals surface area (Å²) in [5.74, 6) is 0.953. The van der Waals surface area contributed by atoms with Crippen LogP contribution in [0.5, 0.6) is 0 Å². The third-order valence-corrected chi connectivity index (χ3v) is 6.74. The summed E-state index contributed by atoms with van der Waals surface area (Å²) < 4.78 is 0. The monoisotopic (exact) mass is 571 g/mol. The Kier molecular flexibility index (Phi) is 11.7. The highest BCUT2D eigenvalue weighted by Gasteiger charge is 2.21. The van der Waals surface area contributed by atoms with Crippen LogP contribution in [0.4, 0.5) is 5.69 Å². The Bertz CT molecular complexity index is 702. The van der Waals surface area contributed by atoms with Crippen LogP contribution in [0.15, 0.2) is 29.3 Å². The van der Waals surface area contributed by atoms with Crippen molar-refractivity contribution in [1.82, 2.24) is 15.5 Å². The minimum absolute atomic E-state index is 0. The minimum Gasteiger partial charge on any atom is -0.393 e. The van der Waals surface area contributed by atoms with Gasteiger partial charge in [-0.25, -0.2) is 0 Å². The molecule has 2 aliphatic heterocycles. The van der Waals surface area contributed by atoms with E-state index < -0.39 is 0 Å². The summed E-state index contributed by atoms with van der Waals surface area (Å²) in [5.41, 5.74) is 2.93. The maximum atomic E-state index is 9.64. The number of piperidine rings is 2. The number of rotatable bonds is 7. The lowest BCUT2D eigenvalue weighted by Gasteiger charge is -2.35. The van der Waals surface area contributed by atoms with Crippen molar-refractivity contribution in [3.05, 3.63) is 29.8 Å². The number of likely N-dealkylation sites (tertiary alicyclic amines) is 1. The maximum Gasteiger partial charge on any atom is 0.191 e. The van der Waals surface area contributed by atoms with E-state index in [1.54, 1.807) is 0 Å². The Balaban J connectivity index is 0.00000385. The van der Waals surface area contributed by atoms with E-state index in [4.69, 9.17) is 4.99 Å². The van der Waals surface area contributed by atoms with Crippen LogP contribution in [0, 0.1) is 0 Å². The van der Waals surface area contributed by atoms with Gasteiger partial charge in [-0.05, 0) is 68.7 Å². The van der Waals surface area contributed by atoms with Crippen molar-refractivity contribution in [2.24, 2.45) is 4.99 Å². The molecule has 2 saturated heterocycles. The van der Waals surface area contributed by atoms with Gasteiger partial charge in [0.2, 0.25) is 0 Å². The summed E-state index contributed by atoms with van der Waals surface area (Å²) in [7, 11) is 0. The van der Waals surface area contributed by atoms with Crippen molar-refractivity contribution in [2.45, 2.75) is 77.4 Å². The Hall–Kier alpha value is -1.06. The first kappa shape index (κ1) is 28.2. The van der Waals surface area contributed by atoms with Crippen LogP contribution in [0.2, 0.25) is 0 Å². The molecule has 0 saturated carbocycles. The number of hydrogen-bond donors (Lipinski definition) is 3. The number of aliphatic imine (C=N–C) groups is 1. The van der Waals surface area contributed by atoms with Crippen molar-refractivity contribution >= 4 is 35.6 Å². The number of aliphatic hydroxyl groups excluding tert-OH is 1. The Morgan fingerprint density at radius 1 is 1.03 bits per heavy atom. The number of benzene rings is 1. The van der Waals surface area contributed by atoms with Crippen LogP contribution in [-0.2, 0) is 5.41 Å². The van der Waals surface area contributed by atoms with Gasteiger partial charge in [0.15, 0.2) is 5.96 Å². The molecule has 3 N–H and O–H groups in total. The molecule has 0 aliphatic carbocycles. The van der Waals surface area contributed by atoms with Crippen LogP contribution in [0.3, 0.4) is 0 Å². The summed E-state index contributed by atoms with van der Waals surface area (Å²) in [6, 6.07) is 9.59. The second-order valence-electron chi connectivity index (χ2n) is 10.4. The van der Waals surface area contributed by atoms with Gasteiger partial charge in [0.1, 0.15) is 0 Å². The fraction of sp³-hybridized carbons (Fsp3) is 0.731. The highest BCUT2D eigenvalue weighted by Crippen LogP contribution is 2.26. The van der Waals surface area contributed by atoms with Crippen molar-refractivity contribution in [3.63, 3.8) is 0 Å². The first-order chi connectivity index (χ1) is 15.3. The smallest absolute Gasteiger partial charge is 0.191 e. The van der Waals surface area contributed by atoms with Gasteiger partial charge in [0.25, 0.3) is 0 Å². The van der Waals surface area contributed by atoms with E-state index in [0.717, 1.165) is 83.9 Å². The summed E-state index contributed by atoms with van der Waals surface area (Å²) in [6.07, 6.45) is 5.04. The van der Waals surface area contributed by atoms with E-state index in [2.05, 4.69) is 72.4 Å². The van der Waals surface area contributed by atoms with Gasteiger partial charge in [0.05, 0.1) is 6.10 Å². The lowest BCUT2D eigenvalue weighted by Crippen LogP contribution is -2.48. The molecule has 2 aliphatic rings. The second-order valence-corrected chi connectivity index (χ2v) is 10.4. The fourth-order valence-corrected chi connectivity index (χ4v) is 4.60. The third-order valence-electron chi connectivity index (χ3n) is 6.74. The number of nitrogens with zero attached hydrogens (tertiary/aromatic N) is 3. The van der Waals surface area contributed by atoms with E-state index >= 15 is 0 Å². The standard InChI is InChI=1S/C26H45N5O.HI/c1-5-27-25(28-15-6-16-30-17-13-24(32)14-18-30)29-22-11-19-31(20-12-22)23-9-7-21(8-10-23)26(2,3)4;/h7-10,22,24,32H,5-6,11-20H2,1-4H3,(H2,27,28,29);1H. The van der Waals surface area contributed by atoms with E-state index in [9.17, 15) is 5.11 Å². The molecular formula is C26H46IN5O. The second kappa shape index (κ2) is 13.7. The Morgan fingerprint density at radius 3 is 2.24 bits per heavy atom. The number of hydrogen-bond acceptors (Lipinski definition) is 4. The summed E-state index contributed by atoms with van der Waals surface area (Å²) in [6.45, 7) is 15.9. The quantitative estimate of drug-likeness (QED) is 0.200. The van der Waals surface area contributed by atoms with E-state index in [1.807, 2.05) is 0 Å². The molecule has 3 rings (SSSR count). The molecule has 1 aromatic carbocycles. The first-order valence-electron chi connectivity index (χ1n) is 12.7. The van der Waals surface area contributed by atoms with Crippen LogP contribution >= 0.6 is 24.0 Å². The number of nitrogens with one attached hydrogen (secondary N) is 2. The van der Waals surface area contributed by atoms with Crippen molar-refractivity contribution in [1.29, 1.82) is 0 Å². The molecule has 2 heterocycles. The molecule has 0 bridgehead atoms. The van der Waals surface area contributed by atoms with Gasteiger partial charge in [0, 0.05) is 51.0 Å². The van der Waals surface area contributed by atoms with Gasteiger partial charge in [-0.3, -0.25) is 4.99 Å². The molecule has 0 radical (unpaired) electrons. The number of guanidine groups is 1. The minimum atomic E-state index is -0.0944. The van der Waals surface area contributed by atoms with Gasteiger partial charge < -0.3 is 25.5 Å². The summed E-state index contributed by atoms with van der Waals surface area (Å²) in [4.78, 5) is 9.78. The number of halogens is 1. The van der Waals surface area contributed by atoms with Crippen LogP contribution in [-0.4, -0.2) is 73.9 Å². The molecular weight excluding hydrogens is 525 g/mol. The van der Waals surface area contributed by atoms with Crippen LogP contribution in [0.25, 0.3) is 0 Å². The maximum absolute atomic E-state index is 9.64. The molecule has 7 heteroatoms. The Morgan fingerprint density at radius 2 is 1.67 bits per heavy atom. The molecule has 0 unspecified atom stereocenters. The van der Waals surface area contributed by atoms with Gasteiger partial charge in [-0.2, -0.15) is 0 Å². The molecule has 0 spiro atoms. The zero-order valence-corrected chi connectivity index (χ0v) is 23.5. The van der Waals surface area contributed by atoms with Gasteiger partial charge in [-0.1, -0.05) is 32.9 Å². The van der Waals surface area contributed by atoms with E-state index in [0.29, 0.717) is 6.04 Å². The number of anilines is 1. The molecule has 2 fully saturated rings. The molecule has 1 aromatic rings. The molecule has 0 atom stereocenters. The van der Waals surface area contributed by atoms with Crippen LogP contribution < -0.4 is 15.5 Å². The van der Waals surface area contributed by atoms with E-state index in [-0.39, 0.29) is 35.5 Å². The highest BCUT2D eigenvalue weighted by molar-refractivity contribution is 14.0. The summed E-state index contributed by atoms with van der Waals surface area (Å²) >= 11 is 0. The van der Waals surface area contributed by atoms with Gasteiger partial charge in [-0.15, -0.1) is 24.0 Å². The third kappa shape index (κ3) is 9.25. The topological polar surface area (TPSA) is 63.1 Å². The molecule has 188 valence electrons. The lowest BCUT2D eigenvalue weighted by molar-refractivity contribution is 0.0824. The number of aliphatic hydroxyl groups is 1. The van der Waals surface area contributed by atoms with Crippen molar-refractivity contribution < 1.29 is 5.11 Å². The SMILES string of the molecule is CCNC(=NCCCN1CCC(O)CC1)NC1CCN(c2ccc(C(C)(C)C)cc2)CC1.I. The van der Waals surface area contributed by atoms with E-state index in [1.165, 1.54) is 11.3 Å². The molecule has 33 heavy (non-hydrogen) atoms. The molecule has 0 aromatic heterocycles. The van der Waals surface area contributed by atoms with Gasteiger partial charge >= 0.3 is 0 Å². The summed E-state index contributed by atoms with van der Waals surface area (Å²) in [5, 5.41) is 16.7.